The zero-order valence-corrected chi connectivity index (χ0v) is 23.2. The summed E-state index contributed by atoms with van der Waals surface area (Å²) in [5, 5.41) is 67.3. The lowest BCUT2D eigenvalue weighted by atomic mass is 10.1. The van der Waals surface area contributed by atoms with Gasteiger partial charge in [0.2, 0.25) is 11.9 Å². The average Bonchev–Trinajstić information content (AvgIpc) is 3.73. The molecular formula is C24H34N12O8. The molecule has 4 aromatic heterocycles. The number of nitrogens with two attached hydrogens (primary N) is 2. The number of ether oxygens (including phenoxy) is 2. The van der Waals surface area contributed by atoms with E-state index in [0.29, 0.717) is 25.9 Å². The number of aromatic nitrogens is 8. The van der Waals surface area contributed by atoms with E-state index >= 15 is 0 Å². The molecule has 0 aliphatic carbocycles. The minimum absolute atomic E-state index is 0.121. The van der Waals surface area contributed by atoms with Gasteiger partial charge in [-0.05, 0) is 12.8 Å². The van der Waals surface area contributed by atoms with Crippen LogP contribution in [0.2, 0.25) is 0 Å². The van der Waals surface area contributed by atoms with Gasteiger partial charge in [-0.15, -0.1) is 0 Å². The number of hydrogen-bond acceptors (Lipinski definition) is 18. The van der Waals surface area contributed by atoms with E-state index in [0.717, 1.165) is 0 Å². The largest absolute Gasteiger partial charge is 0.394 e. The Morgan fingerprint density at radius 3 is 1.43 bits per heavy atom. The van der Waals surface area contributed by atoms with E-state index in [-0.39, 0.29) is 45.9 Å². The summed E-state index contributed by atoms with van der Waals surface area (Å²) in [7, 11) is 0. The summed E-state index contributed by atoms with van der Waals surface area (Å²) in [6.45, 7) is -0.154. The monoisotopic (exact) mass is 618 g/mol. The fourth-order valence-corrected chi connectivity index (χ4v) is 5.42. The van der Waals surface area contributed by atoms with Crippen LogP contribution in [-0.4, -0.2) is 133 Å². The molecule has 0 radical (unpaired) electrons. The highest BCUT2D eigenvalue weighted by atomic mass is 16.6. The molecule has 0 spiro atoms. The highest BCUT2D eigenvalue weighted by Gasteiger charge is 2.46. The van der Waals surface area contributed by atoms with E-state index in [1.54, 1.807) is 0 Å². The lowest BCUT2D eigenvalue weighted by Gasteiger charge is -2.20. The molecule has 0 bridgehead atoms. The van der Waals surface area contributed by atoms with Crippen LogP contribution in [-0.2, 0) is 9.47 Å². The Hall–Kier alpha value is -4.02. The summed E-state index contributed by atoms with van der Waals surface area (Å²) in [4.78, 5) is 25.4. The number of unbranched alkanes of at least 4 members (excludes halogenated alkanes) is 1. The maximum absolute atomic E-state index is 10.6. The van der Waals surface area contributed by atoms with Gasteiger partial charge in [-0.3, -0.25) is 9.13 Å². The molecule has 2 saturated heterocycles. The van der Waals surface area contributed by atoms with Crippen molar-refractivity contribution >= 4 is 45.9 Å². The van der Waals surface area contributed by atoms with E-state index in [2.05, 4.69) is 40.5 Å². The zero-order valence-electron chi connectivity index (χ0n) is 23.2. The van der Waals surface area contributed by atoms with Crippen molar-refractivity contribution < 1.29 is 40.1 Å². The van der Waals surface area contributed by atoms with Crippen LogP contribution in [0.25, 0.3) is 22.3 Å². The Bertz CT molecular complexity index is 1500. The first-order chi connectivity index (χ1) is 21.2. The number of anilines is 4. The van der Waals surface area contributed by atoms with Crippen LogP contribution in [0.1, 0.15) is 25.3 Å². The van der Waals surface area contributed by atoms with Crippen LogP contribution in [0, 0.1) is 0 Å². The highest BCUT2D eigenvalue weighted by Crippen LogP contribution is 2.36. The molecule has 0 unspecified atom stereocenters. The van der Waals surface area contributed by atoms with Crippen LogP contribution in [0.5, 0.6) is 0 Å². The SMILES string of the molecule is Nc1ncnc2c1nc(NCCCCNc1nc3c(N)ncnc3n1[C@H]1O[C@@H](CO)[C@@H](O)[C@H]1O)n2[C@@H]1O[C@@H](CO)[C@@H](O)[C@@H]1O. The van der Waals surface area contributed by atoms with Crippen molar-refractivity contribution in [2.75, 3.05) is 48.4 Å². The van der Waals surface area contributed by atoms with Gasteiger partial charge in [0.1, 0.15) is 49.3 Å². The number of aliphatic hydroxyl groups excluding tert-OH is 6. The van der Waals surface area contributed by atoms with Gasteiger partial charge in [0.15, 0.2) is 46.4 Å². The number of nitrogens with one attached hydrogen (secondary N) is 2. The molecule has 20 heteroatoms. The van der Waals surface area contributed by atoms with Crippen LogP contribution in [0.3, 0.4) is 0 Å². The van der Waals surface area contributed by atoms with E-state index in [4.69, 9.17) is 20.9 Å². The van der Waals surface area contributed by atoms with Crippen LogP contribution >= 0.6 is 0 Å². The summed E-state index contributed by atoms with van der Waals surface area (Å²) < 4.78 is 14.4. The maximum Gasteiger partial charge on any atom is 0.207 e. The second kappa shape index (κ2) is 12.2. The Kier molecular flexibility index (Phi) is 8.30. The van der Waals surface area contributed by atoms with Crippen LogP contribution in [0.4, 0.5) is 23.5 Å². The lowest BCUT2D eigenvalue weighted by Crippen LogP contribution is -2.33. The van der Waals surface area contributed by atoms with Crippen molar-refractivity contribution in [3.05, 3.63) is 12.7 Å². The third-order valence-electron chi connectivity index (χ3n) is 7.72. The molecule has 0 amide bonds. The first kappa shape index (κ1) is 30.0. The lowest BCUT2D eigenvalue weighted by molar-refractivity contribution is -0.0501. The smallest absolute Gasteiger partial charge is 0.207 e. The van der Waals surface area contributed by atoms with Gasteiger partial charge in [-0.2, -0.15) is 0 Å². The molecule has 0 saturated carbocycles. The predicted molar refractivity (Wildman–Crippen MR) is 152 cm³/mol. The van der Waals surface area contributed by atoms with Crippen molar-refractivity contribution in [1.29, 1.82) is 0 Å². The summed E-state index contributed by atoms with van der Waals surface area (Å²) in [5.41, 5.74) is 13.1. The second-order valence-electron chi connectivity index (χ2n) is 10.5. The fraction of sp³-hybridized carbons (Fsp3) is 0.583. The van der Waals surface area contributed by atoms with Gasteiger partial charge in [0.25, 0.3) is 0 Å². The van der Waals surface area contributed by atoms with E-state index in [1.807, 2.05) is 0 Å². The summed E-state index contributed by atoms with van der Waals surface area (Å²) in [5.74, 6) is 0.788. The van der Waals surface area contributed by atoms with E-state index in [1.165, 1.54) is 21.8 Å². The summed E-state index contributed by atoms with van der Waals surface area (Å²) in [6.07, 6.45) is -5.81. The normalized spacial score (nSPS) is 28.8. The molecule has 2 aliphatic heterocycles. The van der Waals surface area contributed by atoms with Gasteiger partial charge in [-0.1, -0.05) is 0 Å². The van der Waals surface area contributed by atoms with Gasteiger partial charge in [0, 0.05) is 13.1 Å². The van der Waals surface area contributed by atoms with Crippen molar-refractivity contribution in [3.8, 4) is 0 Å². The Morgan fingerprint density at radius 1 is 0.659 bits per heavy atom. The number of imidazole rings is 2. The number of nitrogen functional groups attached to an aromatic ring is 2. The predicted octanol–water partition coefficient (Wildman–Crippen LogP) is -3.34. The molecule has 2 aliphatic rings. The first-order valence-corrected chi connectivity index (χ1v) is 13.9. The number of nitrogens with zero attached hydrogens (tertiary/aromatic N) is 8. The third-order valence-corrected chi connectivity index (χ3v) is 7.72. The van der Waals surface area contributed by atoms with Gasteiger partial charge in [0.05, 0.1) is 13.2 Å². The first-order valence-electron chi connectivity index (χ1n) is 13.9. The van der Waals surface area contributed by atoms with Gasteiger partial charge in [-0.25, -0.2) is 29.9 Å². The quantitative estimate of drug-likeness (QED) is 0.0734. The minimum Gasteiger partial charge on any atom is -0.394 e. The van der Waals surface area contributed by atoms with Crippen molar-refractivity contribution in [3.63, 3.8) is 0 Å². The molecule has 2 fully saturated rings. The van der Waals surface area contributed by atoms with E-state index < -0.39 is 62.3 Å². The summed E-state index contributed by atoms with van der Waals surface area (Å²) >= 11 is 0. The summed E-state index contributed by atoms with van der Waals surface area (Å²) in [6, 6.07) is 0. The molecular weight excluding hydrogens is 584 g/mol. The highest BCUT2D eigenvalue weighted by molar-refractivity contribution is 5.84. The third kappa shape index (κ3) is 5.09. The Labute approximate surface area is 248 Å². The molecule has 0 aromatic carbocycles. The van der Waals surface area contributed by atoms with Gasteiger partial charge >= 0.3 is 0 Å². The fourth-order valence-electron chi connectivity index (χ4n) is 5.42. The van der Waals surface area contributed by atoms with Crippen LogP contribution < -0.4 is 22.1 Å². The maximum atomic E-state index is 10.6. The average molecular weight is 619 g/mol. The molecule has 8 atom stereocenters. The second-order valence-corrected chi connectivity index (χ2v) is 10.5. The molecule has 44 heavy (non-hydrogen) atoms. The Balaban J connectivity index is 1.14. The molecule has 20 nitrogen and oxygen atoms in total. The molecule has 6 heterocycles. The van der Waals surface area contributed by atoms with Crippen molar-refractivity contribution in [2.45, 2.75) is 61.9 Å². The number of aliphatic hydroxyl groups is 6. The van der Waals surface area contributed by atoms with Crippen molar-refractivity contribution in [2.24, 2.45) is 0 Å². The topological polar surface area (TPSA) is 303 Å². The number of fused-ring (bicyclic) bond motifs is 2. The van der Waals surface area contributed by atoms with Crippen LogP contribution in [0.15, 0.2) is 12.7 Å². The molecule has 6 rings (SSSR count). The number of hydrogen-bond donors (Lipinski definition) is 10. The number of rotatable bonds is 11. The van der Waals surface area contributed by atoms with E-state index in [9.17, 15) is 30.6 Å². The minimum atomic E-state index is -1.36. The molecule has 238 valence electrons. The standard InChI is InChI=1S/C24H34N12O8/c25-17-11-19(31-7-29-17)35(21-15(41)13(39)9(5-37)43-21)23(33-11)27-3-1-2-4-28-24-34-12-18(26)30-8-32-20(12)36(24)22-16(42)14(40)10(6-38)44-22/h7-10,13-16,21-22,37-42H,1-6H2,(H,27,33)(H,28,34)(H2,25,29,31)(H2,26,30,32)/t9-,10-,13+,14+,15-,16+,21+,22-/m0/s1. The molecule has 4 aromatic rings. The van der Waals surface area contributed by atoms with Crippen molar-refractivity contribution in [1.82, 2.24) is 39.0 Å². The van der Waals surface area contributed by atoms with Gasteiger partial charge < -0.3 is 62.2 Å². The molecule has 12 N–H and O–H groups in total. The Morgan fingerprint density at radius 2 is 1.07 bits per heavy atom. The zero-order chi connectivity index (χ0) is 31.1.